The number of halogens is 6. The van der Waals surface area contributed by atoms with E-state index in [0.717, 1.165) is 36.6 Å². The van der Waals surface area contributed by atoms with Crippen molar-refractivity contribution in [2.75, 3.05) is 6.26 Å². The van der Waals surface area contributed by atoms with Crippen LogP contribution in [0.1, 0.15) is 28.9 Å². The number of sulfone groups is 1. The summed E-state index contributed by atoms with van der Waals surface area (Å²) in [5.41, 5.74) is -0.459. The topological polar surface area (TPSA) is 107 Å². The third-order valence-electron chi connectivity index (χ3n) is 4.90. The molecule has 7 nitrogen and oxygen atoms in total. The van der Waals surface area contributed by atoms with Gasteiger partial charge in [-0.25, -0.2) is 39.5 Å². The van der Waals surface area contributed by atoms with Gasteiger partial charge in [0.1, 0.15) is 0 Å². The highest BCUT2D eigenvalue weighted by Crippen LogP contribution is 2.32. The van der Waals surface area contributed by atoms with Crippen LogP contribution in [0.5, 0.6) is 5.75 Å². The maximum Gasteiger partial charge on any atom is 0.345 e. The van der Waals surface area contributed by atoms with Gasteiger partial charge in [-0.05, 0) is 42.8 Å². The SMILES string of the molecule is C[C@H](NS(C)(=O)=O)c1ccc(S(=O)(=O)c2ccc(Cl)cc2C(=O)Oc2c(F)c(F)c(F)c(F)c2F)cc1. The number of hydrogen-bond acceptors (Lipinski definition) is 6. The Bertz CT molecular complexity index is 1580. The molecule has 1 atom stereocenters. The van der Waals surface area contributed by atoms with Gasteiger partial charge < -0.3 is 4.74 Å². The standard InChI is InChI=1S/C22H15ClF5NO6S2/c1-10(29-36(2,31)32)11-3-6-13(7-4-11)37(33,34)15-8-5-12(23)9-14(15)22(30)35-21-19(27)17(25)16(24)18(26)20(21)28/h3-10,29H,1-2H3/t10-/m0/s1. The number of esters is 1. The average molecular weight is 584 g/mol. The van der Waals surface area contributed by atoms with Gasteiger partial charge in [0, 0.05) is 11.1 Å². The molecule has 0 fully saturated rings. The van der Waals surface area contributed by atoms with Crippen LogP contribution >= 0.6 is 11.6 Å². The highest BCUT2D eigenvalue weighted by Gasteiger charge is 2.31. The molecule has 0 heterocycles. The van der Waals surface area contributed by atoms with Crippen LogP contribution in [0.15, 0.2) is 52.3 Å². The molecule has 0 saturated heterocycles. The molecule has 198 valence electrons. The number of carbonyl (C=O) groups is 1. The van der Waals surface area contributed by atoms with Gasteiger partial charge >= 0.3 is 5.97 Å². The van der Waals surface area contributed by atoms with E-state index < -0.39 is 77.2 Å². The first-order chi connectivity index (χ1) is 17.0. The van der Waals surface area contributed by atoms with E-state index in [1.807, 2.05) is 0 Å². The summed E-state index contributed by atoms with van der Waals surface area (Å²) in [5.74, 6) is -15.8. The minimum atomic E-state index is -4.54. The van der Waals surface area contributed by atoms with Gasteiger partial charge in [0.2, 0.25) is 54.7 Å². The summed E-state index contributed by atoms with van der Waals surface area (Å²) in [5, 5.41) is -0.209. The van der Waals surface area contributed by atoms with Crippen molar-refractivity contribution in [2.24, 2.45) is 0 Å². The molecule has 0 amide bonds. The summed E-state index contributed by atoms with van der Waals surface area (Å²) in [6.45, 7) is 1.51. The molecular formula is C22H15ClF5NO6S2. The van der Waals surface area contributed by atoms with Crippen molar-refractivity contribution in [3.8, 4) is 5.75 Å². The lowest BCUT2D eigenvalue weighted by Crippen LogP contribution is -2.25. The summed E-state index contributed by atoms with van der Waals surface area (Å²) in [6, 6.07) is 6.85. The second-order valence-corrected chi connectivity index (χ2v) is 11.7. The molecule has 0 aliphatic heterocycles. The number of ether oxygens (including phenoxy) is 1. The van der Waals surface area contributed by atoms with Crippen LogP contribution < -0.4 is 9.46 Å². The molecule has 3 aromatic carbocycles. The van der Waals surface area contributed by atoms with Crippen molar-refractivity contribution < 1.29 is 48.3 Å². The van der Waals surface area contributed by atoms with Crippen LogP contribution in [0.3, 0.4) is 0 Å². The average Bonchev–Trinajstić information content (AvgIpc) is 2.82. The van der Waals surface area contributed by atoms with E-state index in [1.54, 1.807) is 0 Å². The van der Waals surface area contributed by atoms with Crippen molar-refractivity contribution in [1.29, 1.82) is 0 Å². The number of rotatable bonds is 7. The Morgan fingerprint density at radius 1 is 0.865 bits per heavy atom. The maximum atomic E-state index is 14.0. The van der Waals surface area contributed by atoms with Crippen LogP contribution in [0, 0.1) is 29.1 Å². The molecule has 0 aliphatic carbocycles. The van der Waals surface area contributed by atoms with E-state index in [2.05, 4.69) is 9.46 Å². The Labute approximate surface area is 212 Å². The predicted molar refractivity (Wildman–Crippen MR) is 121 cm³/mol. The highest BCUT2D eigenvalue weighted by atomic mass is 35.5. The van der Waals surface area contributed by atoms with E-state index in [-0.39, 0.29) is 9.92 Å². The second kappa shape index (κ2) is 10.4. The molecule has 0 bridgehead atoms. The quantitative estimate of drug-likeness (QED) is 0.142. The molecule has 3 rings (SSSR count). The second-order valence-electron chi connectivity index (χ2n) is 7.61. The lowest BCUT2D eigenvalue weighted by atomic mass is 10.1. The lowest BCUT2D eigenvalue weighted by Gasteiger charge is -2.14. The minimum Gasteiger partial charge on any atom is -0.416 e. The summed E-state index contributed by atoms with van der Waals surface area (Å²) in [4.78, 5) is 11.5. The van der Waals surface area contributed by atoms with Crippen molar-refractivity contribution in [3.05, 3.63) is 87.7 Å². The molecule has 0 unspecified atom stereocenters. The molecule has 0 aromatic heterocycles. The van der Waals surface area contributed by atoms with Crippen molar-refractivity contribution in [3.63, 3.8) is 0 Å². The lowest BCUT2D eigenvalue weighted by molar-refractivity contribution is 0.0712. The summed E-state index contributed by atoms with van der Waals surface area (Å²) < 4.78 is 124. The number of carbonyl (C=O) groups excluding carboxylic acids is 1. The Balaban J connectivity index is 2.03. The van der Waals surface area contributed by atoms with E-state index in [0.29, 0.717) is 5.56 Å². The van der Waals surface area contributed by atoms with Crippen molar-refractivity contribution in [1.82, 2.24) is 4.72 Å². The van der Waals surface area contributed by atoms with Crippen LogP contribution in [0.4, 0.5) is 22.0 Å². The molecule has 0 spiro atoms. The van der Waals surface area contributed by atoms with E-state index in [9.17, 15) is 43.6 Å². The molecular weight excluding hydrogens is 569 g/mol. The van der Waals surface area contributed by atoms with Gasteiger partial charge in [0.15, 0.2) is 0 Å². The number of hydrogen-bond donors (Lipinski definition) is 1. The maximum absolute atomic E-state index is 14.0. The molecule has 0 saturated carbocycles. The fourth-order valence-electron chi connectivity index (χ4n) is 3.17. The van der Waals surface area contributed by atoms with Crippen LogP contribution in [0.2, 0.25) is 5.02 Å². The third kappa shape index (κ3) is 5.92. The van der Waals surface area contributed by atoms with Gasteiger partial charge in [0.05, 0.1) is 21.6 Å². The largest absolute Gasteiger partial charge is 0.416 e. The first kappa shape index (κ1) is 28.5. The molecule has 0 aliphatic rings. The Morgan fingerprint density at radius 2 is 1.38 bits per heavy atom. The molecule has 37 heavy (non-hydrogen) atoms. The number of benzene rings is 3. The van der Waals surface area contributed by atoms with Gasteiger partial charge in [-0.15, -0.1) is 0 Å². The summed E-state index contributed by atoms with van der Waals surface area (Å²) in [7, 11) is -8.10. The smallest absolute Gasteiger partial charge is 0.345 e. The van der Waals surface area contributed by atoms with Crippen LogP contribution in [-0.2, 0) is 19.9 Å². The van der Waals surface area contributed by atoms with E-state index >= 15 is 0 Å². The summed E-state index contributed by atoms with van der Waals surface area (Å²) in [6.07, 6.45) is 0.940. The Morgan fingerprint density at radius 3 is 1.89 bits per heavy atom. The summed E-state index contributed by atoms with van der Waals surface area (Å²) >= 11 is 5.83. The first-order valence-corrected chi connectivity index (χ1v) is 13.7. The monoisotopic (exact) mass is 583 g/mol. The molecule has 15 heteroatoms. The number of nitrogens with one attached hydrogen (secondary N) is 1. The zero-order valence-corrected chi connectivity index (χ0v) is 21.0. The predicted octanol–water partition coefficient (Wildman–Crippen LogP) is 4.70. The third-order valence-corrected chi connectivity index (χ3v) is 7.74. The molecule has 0 radical (unpaired) electrons. The fourth-order valence-corrected chi connectivity index (χ4v) is 5.55. The zero-order valence-electron chi connectivity index (χ0n) is 18.7. The Kier molecular flexibility index (Phi) is 7.98. The van der Waals surface area contributed by atoms with Crippen LogP contribution in [-0.4, -0.2) is 29.1 Å². The van der Waals surface area contributed by atoms with Gasteiger partial charge in [0.25, 0.3) is 0 Å². The first-order valence-electron chi connectivity index (χ1n) is 9.90. The van der Waals surface area contributed by atoms with Gasteiger partial charge in [-0.3, -0.25) is 0 Å². The fraction of sp³-hybridized carbons (Fsp3) is 0.136. The number of sulfonamides is 1. The highest BCUT2D eigenvalue weighted by molar-refractivity contribution is 7.91. The minimum absolute atomic E-state index is 0.209. The molecule has 3 aromatic rings. The zero-order chi connectivity index (χ0) is 27.9. The van der Waals surface area contributed by atoms with E-state index in [4.69, 9.17) is 11.6 Å². The molecule has 1 N–H and O–H groups in total. The van der Waals surface area contributed by atoms with Crippen molar-refractivity contribution in [2.45, 2.75) is 22.8 Å². The van der Waals surface area contributed by atoms with Crippen LogP contribution in [0.25, 0.3) is 0 Å². The van der Waals surface area contributed by atoms with Gasteiger partial charge in [-0.1, -0.05) is 23.7 Å². The Hall–Kier alpha value is -3.07. The van der Waals surface area contributed by atoms with E-state index in [1.165, 1.54) is 19.1 Å². The van der Waals surface area contributed by atoms with Crippen molar-refractivity contribution >= 4 is 37.4 Å². The van der Waals surface area contributed by atoms with Gasteiger partial charge in [-0.2, -0.15) is 8.78 Å². The normalized spacial score (nSPS) is 12.9.